The van der Waals surface area contributed by atoms with Gasteiger partial charge < -0.3 is 0 Å². The fraction of sp³-hybridized carbons (Fsp3) is 0.538. The van der Waals surface area contributed by atoms with Gasteiger partial charge in [0.25, 0.3) is 0 Å². The number of halogens is 1. The minimum atomic E-state index is 0.335. The van der Waals surface area contributed by atoms with E-state index < -0.39 is 0 Å². The van der Waals surface area contributed by atoms with Gasteiger partial charge in [-0.2, -0.15) is 0 Å². The molecule has 1 aromatic carbocycles. The lowest BCUT2D eigenvalue weighted by Gasteiger charge is -2.09. The van der Waals surface area contributed by atoms with Crippen molar-refractivity contribution < 1.29 is 0 Å². The minimum absolute atomic E-state index is 0.335. The van der Waals surface area contributed by atoms with Crippen LogP contribution in [-0.2, 0) is 25.7 Å². The van der Waals surface area contributed by atoms with Crippen molar-refractivity contribution in [1.29, 1.82) is 0 Å². The number of rotatable bonds is 2. The summed E-state index contributed by atoms with van der Waals surface area (Å²) in [5.41, 5.74) is 5.99. The van der Waals surface area contributed by atoms with E-state index in [1.165, 1.54) is 22.3 Å². The lowest BCUT2D eigenvalue weighted by atomic mass is 9.97. The first-order chi connectivity index (χ1) is 6.74. The van der Waals surface area contributed by atoms with Gasteiger partial charge in [-0.3, -0.25) is 0 Å². The summed E-state index contributed by atoms with van der Waals surface area (Å²) >= 11 is 6.17. The first-order valence-corrected chi connectivity index (χ1v) is 5.95. The second-order valence-corrected chi connectivity index (χ2v) is 4.72. The maximum atomic E-state index is 6.17. The van der Waals surface area contributed by atoms with E-state index in [0.29, 0.717) is 5.38 Å². The van der Waals surface area contributed by atoms with Crippen LogP contribution in [-0.4, -0.2) is 5.38 Å². The monoisotopic (exact) mass is 208 g/mol. The van der Waals surface area contributed by atoms with Gasteiger partial charge in [0.1, 0.15) is 0 Å². The maximum Gasteiger partial charge on any atom is 0.0416 e. The van der Waals surface area contributed by atoms with E-state index in [-0.39, 0.29) is 0 Å². The molecule has 0 atom stereocenters. The average Bonchev–Trinajstić information content (AvgIpc) is 2.54. The Morgan fingerprint density at radius 2 is 1.50 bits per heavy atom. The molecule has 0 heterocycles. The van der Waals surface area contributed by atoms with E-state index >= 15 is 0 Å². The zero-order valence-corrected chi connectivity index (χ0v) is 9.69. The van der Waals surface area contributed by atoms with Crippen molar-refractivity contribution >= 4 is 11.6 Å². The van der Waals surface area contributed by atoms with Gasteiger partial charge in [-0.1, -0.05) is 26.0 Å². The number of fused-ring (bicyclic) bond motifs is 1. The van der Waals surface area contributed by atoms with Gasteiger partial charge in [0, 0.05) is 5.38 Å². The summed E-state index contributed by atoms with van der Waals surface area (Å²) in [4.78, 5) is 0. The van der Waals surface area contributed by atoms with Gasteiger partial charge in [0.2, 0.25) is 0 Å². The average molecular weight is 209 g/mol. The summed E-state index contributed by atoms with van der Waals surface area (Å²) < 4.78 is 0. The summed E-state index contributed by atoms with van der Waals surface area (Å²) in [6.07, 6.45) is 4.41. The quantitative estimate of drug-likeness (QED) is 0.653. The van der Waals surface area contributed by atoms with Crippen LogP contribution in [0.2, 0.25) is 0 Å². The summed E-state index contributed by atoms with van der Waals surface area (Å²) in [5.74, 6) is 0. The largest absolute Gasteiger partial charge is 0.122 e. The molecule has 0 unspecified atom stereocenters. The van der Waals surface area contributed by atoms with E-state index in [2.05, 4.69) is 26.0 Å². The fourth-order valence-electron chi connectivity index (χ4n) is 2.38. The number of hydrogen-bond donors (Lipinski definition) is 0. The second kappa shape index (κ2) is 3.94. The Balaban J connectivity index is 2.43. The molecule has 1 aliphatic carbocycles. The molecule has 1 aliphatic rings. The van der Waals surface area contributed by atoms with Crippen LogP contribution in [0.1, 0.15) is 36.1 Å². The standard InChI is InChI=1S/C13H17Cl/c1-3-9-5-11-7-13(14)8-12(11)6-10(9)4-2/h5-6,13H,3-4,7-8H2,1-2H3. The van der Waals surface area contributed by atoms with Crippen LogP contribution in [0.15, 0.2) is 12.1 Å². The summed E-state index contributed by atoms with van der Waals surface area (Å²) in [5, 5.41) is 0.335. The van der Waals surface area contributed by atoms with E-state index in [0.717, 1.165) is 25.7 Å². The molecule has 2 rings (SSSR count). The normalized spacial score (nSPS) is 15.9. The number of aryl methyl sites for hydroxylation is 2. The molecular formula is C13H17Cl. The molecule has 0 nitrogen and oxygen atoms in total. The fourth-order valence-corrected chi connectivity index (χ4v) is 2.71. The highest BCUT2D eigenvalue weighted by molar-refractivity contribution is 6.21. The molecule has 1 heteroatoms. The van der Waals surface area contributed by atoms with E-state index in [1.807, 2.05) is 0 Å². The molecule has 0 N–H and O–H groups in total. The Morgan fingerprint density at radius 3 is 1.86 bits per heavy atom. The van der Waals surface area contributed by atoms with Crippen molar-refractivity contribution in [3.63, 3.8) is 0 Å². The van der Waals surface area contributed by atoms with Crippen molar-refractivity contribution in [3.8, 4) is 0 Å². The molecule has 0 aromatic heterocycles. The highest BCUT2D eigenvalue weighted by atomic mass is 35.5. The first kappa shape index (κ1) is 10.0. The van der Waals surface area contributed by atoms with Crippen LogP contribution >= 0.6 is 11.6 Å². The maximum absolute atomic E-state index is 6.17. The number of hydrogen-bond acceptors (Lipinski definition) is 0. The van der Waals surface area contributed by atoms with E-state index in [1.54, 1.807) is 0 Å². The SMILES string of the molecule is CCc1cc2c(cc1CC)CC(Cl)C2. The molecule has 1 aromatic rings. The van der Waals surface area contributed by atoms with Crippen molar-refractivity contribution in [2.24, 2.45) is 0 Å². The topological polar surface area (TPSA) is 0 Å². The Morgan fingerprint density at radius 1 is 1.07 bits per heavy atom. The molecular weight excluding hydrogens is 192 g/mol. The van der Waals surface area contributed by atoms with Crippen molar-refractivity contribution in [2.45, 2.75) is 44.9 Å². The smallest absolute Gasteiger partial charge is 0.0416 e. The molecule has 0 saturated carbocycles. The first-order valence-electron chi connectivity index (χ1n) is 5.52. The van der Waals surface area contributed by atoms with Crippen LogP contribution in [0.25, 0.3) is 0 Å². The zero-order chi connectivity index (χ0) is 10.1. The Labute approximate surface area is 91.3 Å². The Bertz CT molecular complexity index is 308. The van der Waals surface area contributed by atoms with Gasteiger partial charge in [-0.25, -0.2) is 0 Å². The predicted octanol–water partition coefficient (Wildman–Crippen LogP) is 3.52. The summed E-state index contributed by atoms with van der Waals surface area (Å²) in [7, 11) is 0. The van der Waals surface area contributed by atoms with Crippen LogP contribution in [0.4, 0.5) is 0 Å². The third-order valence-electron chi connectivity index (χ3n) is 3.17. The Hall–Kier alpha value is -0.490. The van der Waals surface area contributed by atoms with Crippen LogP contribution < -0.4 is 0 Å². The van der Waals surface area contributed by atoms with Gasteiger partial charge in [-0.05, 0) is 47.9 Å². The van der Waals surface area contributed by atoms with Crippen molar-refractivity contribution in [1.82, 2.24) is 0 Å². The van der Waals surface area contributed by atoms with E-state index in [9.17, 15) is 0 Å². The Kier molecular flexibility index (Phi) is 2.83. The molecule has 0 saturated heterocycles. The lowest BCUT2D eigenvalue weighted by molar-refractivity contribution is 0.922. The summed E-state index contributed by atoms with van der Waals surface area (Å²) in [6, 6.07) is 4.74. The van der Waals surface area contributed by atoms with Crippen molar-refractivity contribution in [2.75, 3.05) is 0 Å². The molecule has 14 heavy (non-hydrogen) atoms. The highest BCUT2D eigenvalue weighted by Gasteiger charge is 2.20. The predicted molar refractivity (Wildman–Crippen MR) is 62.2 cm³/mol. The van der Waals surface area contributed by atoms with Gasteiger partial charge in [0.15, 0.2) is 0 Å². The number of alkyl halides is 1. The molecule has 0 amide bonds. The molecule has 76 valence electrons. The van der Waals surface area contributed by atoms with Gasteiger partial charge in [0.05, 0.1) is 0 Å². The lowest BCUT2D eigenvalue weighted by Crippen LogP contribution is -1.94. The zero-order valence-electron chi connectivity index (χ0n) is 8.94. The molecule has 0 radical (unpaired) electrons. The number of benzene rings is 1. The molecule has 0 fully saturated rings. The molecule has 0 bridgehead atoms. The molecule has 0 spiro atoms. The van der Waals surface area contributed by atoms with Crippen LogP contribution in [0.5, 0.6) is 0 Å². The third kappa shape index (κ3) is 1.68. The van der Waals surface area contributed by atoms with Gasteiger partial charge >= 0.3 is 0 Å². The second-order valence-electron chi connectivity index (χ2n) is 4.10. The van der Waals surface area contributed by atoms with Crippen molar-refractivity contribution in [3.05, 3.63) is 34.4 Å². The highest BCUT2D eigenvalue weighted by Crippen LogP contribution is 2.29. The summed E-state index contributed by atoms with van der Waals surface area (Å²) in [6.45, 7) is 4.46. The van der Waals surface area contributed by atoms with E-state index in [4.69, 9.17) is 11.6 Å². The minimum Gasteiger partial charge on any atom is -0.122 e. The molecule has 0 aliphatic heterocycles. The van der Waals surface area contributed by atoms with Crippen LogP contribution in [0, 0.1) is 0 Å². The van der Waals surface area contributed by atoms with Gasteiger partial charge in [-0.15, -0.1) is 11.6 Å². The third-order valence-corrected chi connectivity index (χ3v) is 3.48. The van der Waals surface area contributed by atoms with Crippen LogP contribution in [0.3, 0.4) is 0 Å².